The van der Waals surface area contributed by atoms with E-state index in [-0.39, 0.29) is 5.41 Å². The first-order valence-corrected chi connectivity index (χ1v) is 9.30. The lowest BCUT2D eigenvalue weighted by molar-refractivity contribution is -0.145. The minimum absolute atomic E-state index is 0.179. The van der Waals surface area contributed by atoms with Crippen LogP contribution in [-0.2, 0) is 4.84 Å². The van der Waals surface area contributed by atoms with Crippen molar-refractivity contribution in [2.75, 3.05) is 26.2 Å². The van der Waals surface area contributed by atoms with Gasteiger partial charge in [-0.1, -0.05) is 32.0 Å². The molecule has 0 saturated carbocycles. The SMILES string of the molecule is C=C(Cl)C[C@]1(C)CCCN(O/C=C(\C)C[C@]2(C)CCCNC2)C1. The van der Waals surface area contributed by atoms with Crippen molar-refractivity contribution < 1.29 is 4.84 Å². The van der Waals surface area contributed by atoms with Crippen LogP contribution in [0.15, 0.2) is 23.4 Å². The minimum Gasteiger partial charge on any atom is -0.414 e. The maximum atomic E-state index is 6.03. The highest BCUT2D eigenvalue weighted by Gasteiger charge is 2.32. The number of allylic oxidation sites excluding steroid dienone is 2. The molecule has 2 fully saturated rings. The van der Waals surface area contributed by atoms with Crippen molar-refractivity contribution >= 4 is 11.6 Å². The minimum atomic E-state index is 0.179. The molecule has 2 rings (SSSR count). The Bertz CT molecular complexity index is 443. The number of halogens is 1. The third-order valence-corrected chi connectivity index (χ3v) is 5.29. The van der Waals surface area contributed by atoms with Crippen molar-refractivity contribution in [3.05, 3.63) is 23.4 Å². The molecule has 3 nitrogen and oxygen atoms in total. The Morgan fingerprint density at radius 1 is 1.26 bits per heavy atom. The molecular weight excluding hydrogens is 308 g/mol. The first-order valence-electron chi connectivity index (χ1n) is 8.92. The van der Waals surface area contributed by atoms with Gasteiger partial charge in [0.05, 0.1) is 0 Å². The predicted molar refractivity (Wildman–Crippen MR) is 98.2 cm³/mol. The van der Waals surface area contributed by atoms with Crippen LogP contribution in [-0.4, -0.2) is 31.2 Å². The molecule has 0 spiro atoms. The van der Waals surface area contributed by atoms with E-state index in [2.05, 4.69) is 37.7 Å². The molecule has 2 saturated heterocycles. The molecular formula is C19H33ClN2O. The molecule has 2 aliphatic heterocycles. The summed E-state index contributed by atoms with van der Waals surface area (Å²) in [5.41, 5.74) is 1.87. The van der Waals surface area contributed by atoms with Crippen molar-refractivity contribution in [3.63, 3.8) is 0 Å². The fourth-order valence-electron chi connectivity index (χ4n) is 4.11. The van der Waals surface area contributed by atoms with Crippen LogP contribution >= 0.6 is 11.6 Å². The lowest BCUT2D eigenvalue weighted by Gasteiger charge is -2.39. The summed E-state index contributed by atoms with van der Waals surface area (Å²) in [6.45, 7) is 14.9. The number of hydroxylamine groups is 2. The van der Waals surface area contributed by atoms with E-state index in [1.807, 2.05) is 6.26 Å². The van der Waals surface area contributed by atoms with E-state index >= 15 is 0 Å². The normalized spacial score (nSPS) is 33.5. The van der Waals surface area contributed by atoms with Crippen LogP contribution in [0.1, 0.15) is 59.3 Å². The van der Waals surface area contributed by atoms with E-state index in [0.717, 1.165) is 50.5 Å². The number of hydrogen-bond donors (Lipinski definition) is 1. The van der Waals surface area contributed by atoms with E-state index in [4.69, 9.17) is 16.4 Å². The number of nitrogens with zero attached hydrogens (tertiary/aromatic N) is 1. The van der Waals surface area contributed by atoms with Crippen LogP contribution in [0.3, 0.4) is 0 Å². The van der Waals surface area contributed by atoms with E-state index in [1.165, 1.54) is 24.8 Å². The summed E-state index contributed by atoms with van der Waals surface area (Å²) in [4.78, 5) is 5.99. The van der Waals surface area contributed by atoms with E-state index in [0.29, 0.717) is 5.41 Å². The zero-order valence-corrected chi connectivity index (χ0v) is 15.8. The topological polar surface area (TPSA) is 24.5 Å². The van der Waals surface area contributed by atoms with Crippen molar-refractivity contribution in [2.45, 2.75) is 59.3 Å². The van der Waals surface area contributed by atoms with Crippen LogP contribution in [0.2, 0.25) is 0 Å². The highest BCUT2D eigenvalue weighted by atomic mass is 35.5. The molecule has 0 aromatic heterocycles. The molecule has 132 valence electrons. The fourth-order valence-corrected chi connectivity index (χ4v) is 4.43. The van der Waals surface area contributed by atoms with Gasteiger partial charge in [-0.25, -0.2) is 0 Å². The standard InChI is InChI=1S/C19H33ClN2O/c1-16(11-18(3)7-5-9-21-14-18)13-23-22-10-6-8-19(4,15-22)12-17(2)20/h13,21H,2,5-12,14-15H2,1,3-4H3/b16-13+/t18-,19-/m0/s1. The fraction of sp³-hybridized carbons (Fsp3) is 0.789. The van der Waals surface area contributed by atoms with Gasteiger partial charge in [0, 0.05) is 24.7 Å². The van der Waals surface area contributed by atoms with Crippen molar-refractivity contribution in [1.82, 2.24) is 10.4 Å². The van der Waals surface area contributed by atoms with E-state index < -0.39 is 0 Å². The van der Waals surface area contributed by atoms with Gasteiger partial charge in [0.2, 0.25) is 0 Å². The van der Waals surface area contributed by atoms with Gasteiger partial charge < -0.3 is 10.2 Å². The molecule has 0 aromatic carbocycles. The Kier molecular flexibility index (Phi) is 6.58. The summed E-state index contributed by atoms with van der Waals surface area (Å²) in [5, 5.41) is 6.36. The van der Waals surface area contributed by atoms with E-state index in [1.54, 1.807) is 0 Å². The molecule has 0 unspecified atom stereocenters. The Morgan fingerprint density at radius 3 is 2.65 bits per heavy atom. The van der Waals surface area contributed by atoms with Gasteiger partial charge in [-0.3, -0.25) is 0 Å². The largest absolute Gasteiger partial charge is 0.414 e. The first kappa shape index (κ1) is 18.8. The summed E-state index contributed by atoms with van der Waals surface area (Å²) >= 11 is 6.03. The number of hydrogen-bond acceptors (Lipinski definition) is 3. The van der Waals surface area contributed by atoms with Gasteiger partial charge in [0.1, 0.15) is 6.26 Å². The summed E-state index contributed by atoms with van der Waals surface area (Å²) in [6.07, 6.45) is 8.83. The quantitative estimate of drug-likeness (QED) is 0.700. The molecule has 2 aliphatic rings. The molecule has 1 N–H and O–H groups in total. The summed E-state index contributed by atoms with van der Waals surface area (Å²) < 4.78 is 0. The first-order chi connectivity index (χ1) is 10.8. The second kappa shape index (κ2) is 8.04. The zero-order valence-electron chi connectivity index (χ0n) is 15.1. The van der Waals surface area contributed by atoms with Gasteiger partial charge in [-0.2, -0.15) is 0 Å². The predicted octanol–water partition coefficient (Wildman–Crippen LogP) is 4.85. The average molecular weight is 341 g/mol. The molecule has 0 amide bonds. The van der Waals surface area contributed by atoms with Crippen LogP contribution in [0, 0.1) is 10.8 Å². The number of piperidine rings is 2. The summed E-state index contributed by atoms with van der Waals surface area (Å²) in [6, 6.07) is 0. The molecule has 2 atom stereocenters. The lowest BCUT2D eigenvalue weighted by atomic mass is 9.78. The van der Waals surface area contributed by atoms with Crippen molar-refractivity contribution in [2.24, 2.45) is 10.8 Å². The van der Waals surface area contributed by atoms with Crippen LogP contribution in [0.25, 0.3) is 0 Å². The number of nitrogens with one attached hydrogen (secondary N) is 1. The molecule has 4 heteroatoms. The maximum Gasteiger partial charge on any atom is 0.110 e. The lowest BCUT2D eigenvalue weighted by Crippen LogP contribution is -2.41. The van der Waals surface area contributed by atoms with E-state index in [9.17, 15) is 0 Å². The molecule has 2 heterocycles. The Labute approximate surface area is 147 Å². The van der Waals surface area contributed by atoms with Gasteiger partial charge in [-0.05, 0) is 68.4 Å². The highest BCUT2D eigenvalue weighted by molar-refractivity contribution is 6.29. The summed E-state index contributed by atoms with van der Waals surface area (Å²) in [7, 11) is 0. The number of rotatable bonds is 6. The van der Waals surface area contributed by atoms with Gasteiger partial charge >= 0.3 is 0 Å². The molecule has 0 radical (unpaired) electrons. The van der Waals surface area contributed by atoms with Crippen molar-refractivity contribution in [1.29, 1.82) is 0 Å². The Morgan fingerprint density at radius 2 is 2.00 bits per heavy atom. The zero-order chi connectivity index (χ0) is 16.9. The molecule has 0 aromatic rings. The second-order valence-electron chi connectivity index (χ2n) is 8.31. The Balaban J connectivity index is 1.84. The monoisotopic (exact) mass is 340 g/mol. The smallest absolute Gasteiger partial charge is 0.110 e. The molecule has 0 bridgehead atoms. The summed E-state index contributed by atoms with van der Waals surface area (Å²) in [5.74, 6) is 0. The Hall–Kier alpha value is -0.510. The van der Waals surface area contributed by atoms with Gasteiger partial charge in [0.25, 0.3) is 0 Å². The third-order valence-electron chi connectivity index (χ3n) is 5.16. The second-order valence-corrected chi connectivity index (χ2v) is 8.84. The van der Waals surface area contributed by atoms with Crippen LogP contribution in [0.4, 0.5) is 0 Å². The maximum absolute atomic E-state index is 6.03. The molecule has 23 heavy (non-hydrogen) atoms. The van der Waals surface area contributed by atoms with Gasteiger partial charge in [0.15, 0.2) is 0 Å². The van der Waals surface area contributed by atoms with Crippen LogP contribution in [0.5, 0.6) is 0 Å². The van der Waals surface area contributed by atoms with Crippen molar-refractivity contribution in [3.8, 4) is 0 Å². The van der Waals surface area contributed by atoms with Gasteiger partial charge in [-0.15, -0.1) is 5.06 Å². The highest BCUT2D eigenvalue weighted by Crippen LogP contribution is 2.36. The van der Waals surface area contributed by atoms with Crippen LogP contribution < -0.4 is 5.32 Å². The average Bonchev–Trinajstić information content (AvgIpc) is 2.44. The third kappa shape index (κ3) is 6.13. The molecule has 0 aliphatic carbocycles.